The number of ether oxygens (including phenoxy) is 5. The first-order valence-electron chi connectivity index (χ1n) is 14.0. The number of aromatic hydroxyl groups is 1. The maximum absolute atomic E-state index is 12.2. The summed E-state index contributed by atoms with van der Waals surface area (Å²) < 4.78 is 28.6. The number of rotatable bonds is 21. The lowest BCUT2D eigenvalue weighted by atomic mass is 10.0. The molecule has 0 atom stereocenters. The smallest absolute Gasteiger partial charge is 0.306 e. The maximum atomic E-state index is 12.2. The molecule has 0 fully saturated rings. The van der Waals surface area contributed by atoms with E-state index in [-0.39, 0.29) is 55.7 Å². The van der Waals surface area contributed by atoms with Gasteiger partial charge in [0.1, 0.15) is 36.2 Å². The van der Waals surface area contributed by atoms with E-state index in [1.54, 1.807) is 24.3 Å². The molecule has 0 unspecified atom stereocenters. The third kappa shape index (κ3) is 10.7. The van der Waals surface area contributed by atoms with Crippen LogP contribution in [0.15, 0.2) is 24.3 Å². The van der Waals surface area contributed by atoms with Crippen LogP contribution in [0.25, 0.3) is 0 Å². The highest BCUT2D eigenvalue weighted by atomic mass is 16.6. The summed E-state index contributed by atoms with van der Waals surface area (Å²) in [6, 6.07) is 6.58. The van der Waals surface area contributed by atoms with Gasteiger partial charge in [0.2, 0.25) is 0 Å². The van der Waals surface area contributed by atoms with Gasteiger partial charge in [-0.3, -0.25) is 14.4 Å². The van der Waals surface area contributed by atoms with E-state index >= 15 is 0 Å². The van der Waals surface area contributed by atoms with Crippen LogP contribution in [0.1, 0.15) is 78.8 Å². The molecule has 226 valence electrons. The summed E-state index contributed by atoms with van der Waals surface area (Å²) in [4.78, 5) is 34.8. The highest BCUT2D eigenvalue weighted by Crippen LogP contribution is 2.35. The number of carboxylic acids is 1. The largest absolute Gasteiger partial charge is 0.507 e. The van der Waals surface area contributed by atoms with Crippen LogP contribution < -0.4 is 14.2 Å². The van der Waals surface area contributed by atoms with Crippen LogP contribution in [-0.4, -0.2) is 74.0 Å². The fourth-order valence-corrected chi connectivity index (χ4v) is 4.19. The molecule has 0 bridgehead atoms. The van der Waals surface area contributed by atoms with E-state index < -0.39 is 5.97 Å². The van der Waals surface area contributed by atoms with Crippen LogP contribution in [0, 0.1) is 0 Å². The Kier molecular flexibility index (Phi) is 14.7. The molecule has 2 N–H and O–H groups in total. The van der Waals surface area contributed by atoms with Crippen molar-refractivity contribution in [1.82, 2.24) is 0 Å². The van der Waals surface area contributed by atoms with E-state index in [4.69, 9.17) is 28.8 Å². The third-order valence-corrected chi connectivity index (χ3v) is 6.12. The van der Waals surface area contributed by atoms with E-state index in [1.165, 1.54) is 13.8 Å². The van der Waals surface area contributed by atoms with Crippen LogP contribution in [0.5, 0.6) is 23.0 Å². The number of aliphatic carboxylic acids is 1. The Balaban J connectivity index is 1.79. The minimum absolute atomic E-state index is 0.0214. The Morgan fingerprint density at radius 1 is 0.659 bits per heavy atom. The normalized spacial score (nSPS) is 10.8. The maximum Gasteiger partial charge on any atom is 0.306 e. The molecule has 2 rings (SSSR count). The van der Waals surface area contributed by atoms with E-state index in [2.05, 4.69) is 0 Å². The number of hydrogen-bond acceptors (Lipinski definition) is 9. The molecule has 2 aromatic carbocycles. The fraction of sp³-hybridized carbons (Fsp3) is 0.516. The lowest BCUT2D eigenvalue weighted by Crippen LogP contribution is -2.15. The summed E-state index contributed by atoms with van der Waals surface area (Å²) in [7, 11) is 0. The predicted molar refractivity (Wildman–Crippen MR) is 153 cm³/mol. The van der Waals surface area contributed by atoms with Crippen molar-refractivity contribution in [2.24, 2.45) is 0 Å². The molecule has 0 aliphatic rings. The first-order valence-corrected chi connectivity index (χ1v) is 14.0. The molecule has 41 heavy (non-hydrogen) atoms. The van der Waals surface area contributed by atoms with E-state index in [0.717, 1.165) is 18.4 Å². The summed E-state index contributed by atoms with van der Waals surface area (Å²) in [5.41, 5.74) is 2.08. The molecule has 0 saturated carbocycles. The van der Waals surface area contributed by atoms with Crippen molar-refractivity contribution in [3.63, 3.8) is 0 Å². The average Bonchev–Trinajstić information content (AvgIpc) is 2.92. The lowest BCUT2D eigenvalue weighted by molar-refractivity contribution is -0.137. The Morgan fingerprint density at radius 2 is 1.15 bits per heavy atom. The number of carboxylic acid groups (broad SMARTS) is 1. The van der Waals surface area contributed by atoms with Crippen molar-refractivity contribution in [3.05, 3.63) is 46.5 Å². The summed E-state index contributed by atoms with van der Waals surface area (Å²) in [5.74, 6) is 0.173. The van der Waals surface area contributed by atoms with Gasteiger partial charge >= 0.3 is 5.97 Å². The molecule has 10 heteroatoms. The molecule has 10 nitrogen and oxygen atoms in total. The van der Waals surface area contributed by atoms with E-state index in [9.17, 15) is 19.5 Å². The number of carbonyl (C=O) groups excluding carboxylic acids is 2. The van der Waals surface area contributed by atoms with Crippen molar-refractivity contribution >= 4 is 17.5 Å². The first-order chi connectivity index (χ1) is 19.7. The molecule has 0 aliphatic heterocycles. The van der Waals surface area contributed by atoms with Crippen molar-refractivity contribution in [1.29, 1.82) is 0 Å². The number of ketones is 2. The van der Waals surface area contributed by atoms with Crippen molar-refractivity contribution in [2.75, 3.05) is 46.2 Å². The Labute approximate surface area is 241 Å². The van der Waals surface area contributed by atoms with Crippen LogP contribution in [-0.2, 0) is 27.1 Å². The molecular weight excluding hydrogens is 532 g/mol. The van der Waals surface area contributed by atoms with Gasteiger partial charge in [-0.25, -0.2) is 0 Å². The Morgan fingerprint density at radius 3 is 1.71 bits per heavy atom. The van der Waals surface area contributed by atoms with Crippen LogP contribution in [0.3, 0.4) is 0 Å². The molecule has 0 aliphatic carbocycles. The summed E-state index contributed by atoms with van der Waals surface area (Å²) in [5, 5.41) is 19.3. The molecule has 0 saturated heterocycles. The molecule has 0 amide bonds. The average molecular weight is 575 g/mol. The van der Waals surface area contributed by atoms with E-state index in [0.29, 0.717) is 61.0 Å². The summed E-state index contributed by atoms with van der Waals surface area (Å²) in [6.07, 6.45) is 2.65. The third-order valence-electron chi connectivity index (χ3n) is 6.12. The zero-order chi connectivity index (χ0) is 30.2. The van der Waals surface area contributed by atoms with Crippen molar-refractivity contribution < 1.29 is 48.3 Å². The van der Waals surface area contributed by atoms with E-state index in [1.807, 2.05) is 13.8 Å². The highest BCUT2D eigenvalue weighted by molar-refractivity contribution is 5.98. The highest BCUT2D eigenvalue weighted by Gasteiger charge is 2.19. The SMILES string of the molecule is CCCc1c(OCCOCCOCCOc2c(C(C)=O)ccc(OCCC(=O)O)c2CCC)ccc(C(C)=O)c1O. The Hall–Kier alpha value is -3.63. The second kappa shape index (κ2) is 17.9. The van der Waals surface area contributed by atoms with Crippen molar-refractivity contribution in [2.45, 2.75) is 59.8 Å². The van der Waals surface area contributed by atoms with Crippen LogP contribution in [0.4, 0.5) is 0 Å². The number of hydrogen-bond donors (Lipinski definition) is 2. The lowest BCUT2D eigenvalue weighted by Gasteiger charge is -2.18. The first kappa shape index (κ1) is 33.6. The zero-order valence-corrected chi connectivity index (χ0v) is 24.5. The standard InChI is InChI=1S/C31H42O10/c1-5-7-25-27(11-9-23(21(3)32)30(25)36)40-19-17-37-15-16-38-18-20-41-31-24(22(4)33)10-12-28(26(31)8-6-2)39-14-13-29(34)35/h9-12,36H,5-8,13-20H2,1-4H3,(H,34,35). The van der Waals surface area contributed by atoms with Gasteiger partial charge in [-0.1, -0.05) is 26.7 Å². The molecule has 0 heterocycles. The Bertz CT molecular complexity index is 1160. The number of phenolic OH excluding ortho intramolecular Hbond substituents is 1. The number of Topliss-reactive ketones (excluding diaryl/α,β-unsaturated/α-hetero) is 2. The molecule has 0 radical (unpaired) electrons. The zero-order valence-electron chi connectivity index (χ0n) is 24.5. The fourth-order valence-electron chi connectivity index (χ4n) is 4.19. The van der Waals surface area contributed by atoms with Crippen molar-refractivity contribution in [3.8, 4) is 23.0 Å². The van der Waals surface area contributed by atoms with Gasteiger partial charge in [-0.2, -0.15) is 0 Å². The van der Waals surface area contributed by atoms with Gasteiger partial charge in [0.05, 0.1) is 50.6 Å². The number of phenols is 1. The number of carbonyl (C=O) groups is 3. The van der Waals surface area contributed by atoms with Gasteiger partial charge in [0, 0.05) is 11.1 Å². The summed E-state index contributed by atoms with van der Waals surface area (Å²) in [6.45, 7) is 8.63. The van der Waals surface area contributed by atoms with Gasteiger partial charge in [-0.05, 0) is 51.0 Å². The second-order valence-corrected chi connectivity index (χ2v) is 9.38. The molecule has 0 aromatic heterocycles. The van der Waals surface area contributed by atoms with Crippen LogP contribution in [0.2, 0.25) is 0 Å². The minimum atomic E-state index is -0.950. The molecule has 0 spiro atoms. The second-order valence-electron chi connectivity index (χ2n) is 9.38. The quantitative estimate of drug-likeness (QED) is 0.154. The predicted octanol–water partition coefficient (Wildman–Crippen LogP) is 5.05. The van der Waals surface area contributed by atoms with Crippen LogP contribution >= 0.6 is 0 Å². The van der Waals surface area contributed by atoms with Gasteiger partial charge in [0.15, 0.2) is 11.6 Å². The van der Waals surface area contributed by atoms with Gasteiger partial charge < -0.3 is 33.9 Å². The summed E-state index contributed by atoms with van der Waals surface area (Å²) >= 11 is 0. The topological polar surface area (TPSA) is 138 Å². The van der Waals surface area contributed by atoms with Gasteiger partial charge in [-0.15, -0.1) is 0 Å². The number of benzene rings is 2. The minimum Gasteiger partial charge on any atom is -0.507 e. The molecular formula is C31H42O10. The molecule has 2 aromatic rings. The monoisotopic (exact) mass is 574 g/mol. The van der Waals surface area contributed by atoms with Gasteiger partial charge in [0.25, 0.3) is 0 Å².